The minimum Gasteiger partial charge on any atom is -1.00 e. The Morgan fingerprint density at radius 2 is 1.67 bits per heavy atom. The molecule has 1 aromatic carbocycles. The van der Waals surface area contributed by atoms with Crippen molar-refractivity contribution >= 4 is 22.7 Å². The highest BCUT2D eigenvalue weighted by Crippen LogP contribution is 2.29. The molecule has 2 aromatic heterocycles. The molecule has 0 atom stereocenters. The number of rotatable bonds is 8. The number of benzene rings is 1. The summed E-state index contributed by atoms with van der Waals surface area (Å²) in [5.74, 6) is 1.56. The van der Waals surface area contributed by atoms with Crippen LogP contribution in [0.5, 0.6) is 11.5 Å². The summed E-state index contributed by atoms with van der Waals surface area (Å²) in [5.41, 5.74) is 1.18. The number of methoxy groups -OCH3 is 1. The Morgan fingerprint density at radius 1 is 0.917 bits per heavy atom. The molecule has 24 heavy (non-hydrogen) atoms. The van der Waals surface area contributed by atoms with Crippen molar-refractivity contribution in [3.8, 4) is 11.5 Å². The van der Waals surface area contributed by atoms with E-state index < -0.39 is 0 Å². The lowest BCUT2D eigenvalue weighted by atomic mass is 10.2. The zero-order valence-electron chi connectivity index (χ0n) is 13.3. The maximum absolute atomic E-state index is 5.86. The monoisotopic (exact) mass is 380 g/mol. The number of halogens is 1. The maximum Gasteiger partial charge on any atom is 0.161 e. The Hall–Kier alpha value is -1.53. The average molecular weight is 381 g/mol. The maximum atomic E-state index is 5.86. The Morgan fingerprint density at radius 3 is 2.33 bits per heavy atom. The quantitative estimate of drug-likeness (QED) is 0.645. The van der Waals surface area contributed by atoms with Crippen LogP contribution in [0.25, 0.3) is 0 Å². The molecule has 0 saturated heterocycles. The molecule has 1 N–H and O–H groups in total. The van der Waals surface area contributed by atoms with Crippen LogP contribution in [-0.2, 0) is 19.7 Å². The lowest BCUT2D eigenvalue weighted by Gasteiger charge is -2.12. The number of hydrogen-bond acceptors (Lipinski definition) is 5. The first-order valence-electron chi connectivity index (χ1n) is 7.40. The Bertz CT molecular complexity index is 715. The van der Waals surface area contributed by atoms with Crippen LogP contribution in [0, 0.1) is 0 Å². The summed E-state index contributed by atoms with van der Waals surface area (Å²) in [7, 11) is 1.68. The van der Waals surface area contributed by atoms with Gasteiger partial charge in [0.1, 0.15) is 6.61 Å². The molecule has 0 aliphatic carbocycles. The fraction of sp³-hybridized carbons (Fsp3) is 0.222. The third-order valence-corrected chi connectivity index (χ3v) is 5.11. The predicted molar refractivity (Wildman–Crippen MR) is 96.5 cm³/mol. The van der Waals surface area contributed by atoms with Gasteiger partial charge in [0.15, 0.2) is 11.5 Å². The second-order valence-electron chi connectivity index (χ2n) is 5.04. The van der Waals surface area contributed by atoms with Crippen LogP contribution in [0.3, 0.4) is 0 Å². The molecule has 3 nitrogen and oxygen atoms in total. The molecule has 6 heteroatoms. The third-order valence-electron chi connectivity index (χ3n) is 3.39. The predicted octanol–water partition coefficient (Wildman–Crippen LogP) is 1.69. The van der Waals surface area contributed by atoms with E-state index in [1.54, 1.807) is 29.8 Å². The molecule has 3 aromatic rings. The van der Waals surface area contributed by atoms with Crippen LogP contribution in [0.2, 0.25) is 0 Å². The van der Waals surface area contributed by atoms with Crippen molar-refractivity contribution in [1.82, 2.24) is 5.32 Å². The van der Waals surface area contributed by atoms with Crippen LogP contribution in [0.1, 0.15) is 15.3 Å². The van der Waals surface area contributed by atoms with E-state index in [1.165, 1.54) is 15.3 Å². The molecule has 0 aliphatic heterocycles. The van der Waals surface area contributed by atoms with Crippen molar-refractivity contribution in [1.29, 1.82) is 0 Å². The number of thiophene rings is 2. The summed E-state index contributed by atoms with van der Waals surface area (Å²) < 4.78 is 11.3. The first kappa shape index (κ1) is 18.8. The number of nitrogens with one attached hydrogen (secondary N) is 1. The highest BCUT2D eigenvalue weighted by atomic mass is 35.5. The van der Waals surface area contributed by atoms with Crippen molar-refractivity contribution in [2.45, 2.75) is 19.7 Å². The number of hydrogen-bond donors (Lipinski definition) is 1. The highest BCUT2D eigenvalue weighted by molar-refractivity contribution is 7.10. The first-order valence-corrected chi connectivity index (χ1v) is 9.16. The molecule has 0 fully saturated rings. The molecule has 0 spiro atoms. The average Bonchev–Trinajstić information content (AvgIpc) is 3.27. The van der Waals surface area contributed by atoms with Crippen LogP contribution in [0.15, 0.2) is 53.2 Å². The van der Waals surface area contributed by atoms with Gasteiger partial charge in [-0.05, 0) is 40.6 Å². The van der Waals surface area contributed by atoms with Gasteiger partial charge in [0.2, 0.25) is 0 Å². The Labute approximate surface area is 156 Å². The van der Waals surface area contributed by atoms with Crippen molar-refractivity contribution in [2.75, 3.05) is 7.11 Å². The van der Waals surface area contributed by atoms with Gasteiger partial charge < -0.3 is 27.2 Å². The third kappa shape index (κ3) is 5.24. The summed E-state index contributed by atoms with van der Waals surface area (Å²) in [6, 6.07) is 14.4. The van der Waals surface area contributed by atoms with Gasteiger partial charge in [-0.2, -0.15) is 0 Å². The van der Waals surface area contributed by atoms with Gasteiger partial charge >= 0.3 is 0 Å². The Balaban J connectivity index is 0.00000208. The summed E-state index contributed by atoms with van der Waals surface area (Å²) in [5, 5.41) is 7.60. The molecule has 0 saturated carbocycles. The molecule has 0 amide bonds. The topological polar surface area (TPSA) is 30.5 Å². The van der Waals surface area contributed by atoms with Crippen LogP contribution < -0.4 is 27.2 Å². The standard InChI is InChI=1S/C18H19NO2S2.ClH/c1-20-18-10-14(11-19-12-15-4-2-8-22-15)6-7-17(18)21-13-16-5-3-9-23-16;/h2-10,19H,11-13H2,1H3;1H/p-1. The van der Waals surface area contributed by atoms with Crippen LogP contribution >= 0.6 is 22.7 Å². The molecule has 0 bridgehead atoms. The fourth-order valence-electron chi connectivity index (χ4n) is 2.23. The van der Waals surface area contributed by atoms with E-state index in [4.69, 9.17) is 9.47 Å². The van der Waals surface area contributed by atoms with Crippen LogP contribution in [0.4, 0.5) is 0 Å². The molecular formula is C18H19ClNO2S2-. The SMILES string of the molecule is COc1cc(CNCc2cccs2)ccc1OCc1cccs1.[Cl-]. The highest BCUT2D eigenvalue weighted by Gasteiger charge is 2.07. The van der Waals surface area contributed by atoms with E-state index in [2.05, 4.69) is 40.3 Å². The summed E-state index contributed by atoms with van der Waals surface area (Å²) >= 11 is 3.46. The molecule has 0 aliphatic rings. The molecule has 3 rings (SSSR count). The number of ether oxygens (including phenoxy) is 2. The zero-order chi connectivity index (χ0) is 15.9. The Kier molecular flexibility index (Phi) is 7.59. The minimum atomic E-state index is 0. The fourth-order valence-corrected chi connectivity index (χ4v) is 3.52. The molecule has 2 heterocycles. The first-order chi connectivity index (χ1) is 11.3. The van der Waals surface area contributed by atoms with E-state index in [1.807, 2.05) is 18.2 Å². The van der Waals surface area contributed by atoms with Crippen molar-refractivity contribution in [3.63, 3.8) is 0 Å². The van der Waals surface area contributed by atoms with Gasteiger partial charge in [-0.3, -0.25) is 0 Å². The van der Waals surface area contributed by atoms with Crippen LogP contribution in [-0.4, -0.2) is 7.11 Å². The van der Waals surface area contributed by atoms with Gasteiger partial charge in [-0.25, -0.2) is 0 Å². The second-order valence-corrected chi connectivity index (χ2v) is 7.10. The van der Waals surface area contributed by atoms with Crippen molar-refractivity contribution in [2.24, 2.45) is 0 Å². The molecule has 128 valence electrons. The lowest BCUT2D eigenvalue weighted by Crippen LogP contribution is -3.00. The molecular weight excluding hydrogens is 362 g/mol. The second kappa shape index (κ2) is 9.69. The van der Waals surface area contributed by atoms with E-state index in [0.29, 0.717) is 6.61 Å². The van der Waals surface area contributed by atoms with E-state index in [0.717, 1.165) is 24.6 Å². The van der Waals surface area contributed by atoms with Gasteiger partial charge in [0.25, 0.3) is 0 Å². The van der Waals surface area contributed by atoms with Gasteiger partial charge in [0, 0.05) is 22.8 Å². The van der Waals surface area contributed by atoms with Gasteiger partial charge in [0.05, 0.1) is 7.11 Å². The van der Waals surface area contributed by atoms with E-state index in [9.17, 15) is 0 Å². The normalized spacial score (nSPS) is 10.2. The minimum absolute atomic E-state index is 0. The summed E-state index contributed by atoms with van der Waals surface area (Å²) in [6.45, 7) is 2.26. The van der Waals surface area contributed by atoms with E-state index >= 15 is 0 Å². The van der Waals surface area contributed by atoms with Gasteiger partial charge in [-0.15, -0.1) is 22.7 Å². The zero-order valence-corrected chi connectivity index (χ0v) is 15.7. The lowest BCUT2D eigenvalue weighted by molar-refractivity contribution is -0.00000508. The van der Waals surface area contributed by atoms with Gasteiger partial charge in [-0.1, -0.05) is 18.2 Å². The summed E-state index contributed by atoms with van der Waals surface area (Å²) in [6.07, 6.45) is 0. The molecule has 0 radical (unpaired) electrons. The van der Waals surface area contributed by atoms with Crippen molar-refractivity contribution in [3.05, 3.63) is 68.5 Å². The van der Waals surface area contributed by atoms with Crippen molar-refractivity contribution < 1.29 is 21.9 Å². The smallest absolute Gasteiger partial charge is 0.161 e. The molecule has 0 unspecified atom stereocenters. The largest absolute Gasteiger partial charge is 1.00 e. The van der Waals surface area contributed by atoms with E-state index in [-0.39, 0.29) is 12.4 Å². The summed E-state index contributed by atoms with van der Waals surface area (Å²) in [4.78, 5) is 2.54.